The van der Waals surface area contributed by atoms with E-state index in [1.807, 2.05) is 61.7 Å². The Balaban J connectivity index is 1.74. The van der Waals surface area contributed by atoms with Gasteiger partial charge in [0.25, 0.3) is 5.91 Å². The Labute approximate surface area is 167 Å². The second-order valence-corrected chi connectivity index (χ2v) is 7.27. The summed E-state index contributed by atoms with van der Waals surface area (Å²) >= 11 is 1.48. The van der Waals surface area contributed by atoms with E-state index in [9.17, 15) is 4.79 Å². The summed E-state index contributed by atoms with van der Waals surface area (Å²) in [5.74, 6) is 0.578. The Hall–Kier alpha value is -3.19. The maximum Gasteiger partial charge on any atom is 0.280 e. The molecule has 0 radical (unpaired) electrons. The molecule has 2 aromatic carbocycles. The zero-order chi connectivity index (χ0) is 19.5. The zero-order valence-corrected chi connectivity index (χ0v) is 16.5. The Morgan fingerprint density at radius 1 is 1.18 bits per heavy atom. The molecule has 142 valence electrons. The molecule has 0 N–H and O–H groups in total. The molecular formula is C21H20N4O2S. The summed E-state index contributed by atoms with van der Waals surface area (Å²) in [6, 6.07) is 17.4. The maximum absolute atomic E-state index is 13.3. The highest BCUT2D eigenvalue weighted by Gasteiger charge is 2.23. The first-order valence-corrected chi connectivity index (χ1v) is 9.83. The minimum absolute atomic E-state index is 0.165. The Bertz CT molecular complexity index is 1100. The molecule has 1 amide bonds. The highest BCUT2D eigenvalue weighted by atomic mass is 32.1. The van der Waals surface area contributed by atoms with Crippen LogP contribution in [0.15, 0.2) is 60.8 Å². The van der Waals surface area contributed by atoms with Gasteiger partial charge in [0.15, 0.2) is 10.8 Å². The van der Waals surface area contributed by atoms with Gasteiger partial charge in [0.2, 0.25) is 0 Å². The van der Waals surface area contributed by atoms with Crippen molar-refractivity contribution in [2.24, 2.45) is 0 Å². The quantitative estimate of drug-likeness (QED) is 0.489. The Morgan fingerprint density at radius 2 is 2.00 bits per heavy atom. The third-order valence-corrected chi connectivity index (χ3v) is 5.49. The third kappa shape index (κ3) is 3.61. The largest absolute Gasteiger partial charge is 0.497 e. The molecule has 0 saturated heterocycles. The van der Waals surface area contributed by atoms with E-state index in [0.717, 1.165) is 21.5 Å². The van der Waals surface area contributed by atoms with Crippen LogP contribution in [0.25, 0.3) is 10.2 Å². The smallest absolute Gasteiger partial charge is 0.280 e. The van der Waals surface area contributed by atoms with Gasteiger partial charge in [-0.3, -0.25) is 14.4 Å². The number of amides is 1. The predicted octanol–water partition coefficient (Wildman–Crippen LogP) is 4.37. The van der Waals surface area contributed by atoms with Crippen LogP contribution in [0, 0.1) is 0 Å². The number of anilines is 1. The lowest BCUT2D eigenvalue weighted by atomic mass is 10.2. The molecule has 0 bridgehead atoms. The first kappa shape index (κ1) is 18.2. The molecular weight excluding hydrogens is 372 g/mol. The number of ether oxygens (including phenoxy) is 1. The number of hydrogen-bond donors (Lipinski definition) is 0. The minimum Gasteiger partial charge on any atom is -0.497 e. The van der Waals surface area contributed by atoms with Crippen LogP contribution in [-0.2, 0) is 13.1 Å². The van der Waals surface area contributed by atoms with Crippen molar-refractivity contribution < 1.29 is 9.53 Å². The van der Waals surface area contributed by atoms with E-state index < -0.39 is 0 Å². The first-order valence-electron chi connectivity index (χ1n) is 9.01. The van der Waals surface area contributed by atoms with Crippen LogP contribution >= 0.6 is 11.3 Å². The summed E-state index contributed by atoms with van der Waals surface area (Å²) in [5.41, 5.74) is 2.25. The minimum atomic E-state index is -0.165. The van der Waals surface area contributed by atoms with Crippen molar-refractivity contribution >= 4 is 32.6 Å². The molecule has 6 nitrogen and oxygen atoms in total. The number of rotatable bonds is 6. The van der Waals surface area contributed by atoms with E-state index in [4.69, 9.17) is 9.72 Å². The van der Waals surface area contributed by atoms with Crippen molar-refractivity contribution in [2.45, 2.75) is 20.0 Å². The molecule has 2 aromatic heterocycles. The van der Waals surface area contributed by atoms with Crippen molar-refractivity contribution in [3.8, 4) is 5.75 Å². The van der Waals surface area contributed by atoms with Gasteiger partial charge in [0, 0.05) is 18.8 Å². The predicted molar refractivity (Wildman–Crippen MR) is 111 cm³/mol. The normalized spacial score (nSPS) is 10.9. The van der Waals surface area contributed by atoms with E-state index in [2.05, 4.69) is 5.10 Å². The molecule has 4 aromatic rings. The number of fused-ring (bicyclic) bond motifs is 1. The number of hydrogen-bond acceptors (Lipinski definition) is 5. The molecule has 28 heavy (non-hydrogen) atoms. The van der Waals surface area contributed by atoms with Gasteiger partial charge in [0.05, 0.1) is 23.9 Å². The summed E-state index contributed by atoms with van der Waals surface area (Å²) < 4.78 is 8.04. The summed E-state index contributed by atoms with van der Waals surface area (Å²) in [4.78, 5) is 19.7. The van der Waals surface area contributed by atoms with Crippen molar-refractivity contribution in [1.29, 1.82) is 0 Å². The standard InChI is InChI=1S/C21H20N4O2S/c1-3-24-12-11-17(23-24)20(26)25(14-15-7-5-4-6-8-15)21-22-18-13-16(27-2)9-10-19(18)28-21/h4-13H,3,14H2,1-2H3. The highest BCUT2D eigenvalue weighted by Crippen LogP contribution is 2.32. The van der Waals surface area contributed by atoms with Gasteiger partial charge in [-0.25, -0.2) is 4.98 Å². The van der Waals surface area contributed by atoms with Crippen LogP contribution in [0.1, 0.15) is 23.0 Å². The number of thiazole rings is 1. The van der Waals surface area contributed by atoms with Crippen LogP contribution < -0.4 is 9.64 Å². The van der Waals surface area contributed by atoms with E-state index in [1.54, 1.807) is 22.8 Å². The fourth-order valence-corrected chi connectivity index (χ4v) is 3.86. The van der Waals surface area contributed by atoms with Crippen LogP contribution in [0.2, 0.25) is 0 Å². The number of nitrogens with zero attached hydrogens (tertiary/aromatic N) is 4. The van der Waals surface area contributed by atoms with E-state index >= 15 is 0 Å². The topological polar surface area (TPSA) is 60.2 Å². The van der Waals surface area contributed by atoms with E-state index in [0.29, 0.717) is 23.9 Å². The first-order chi connectivity index (χ1) is 13.7. The molecule has 0 saturated carbocycles. The van der Waals surface area contributed by atoms with Crippen molar-refractivity contribution in [1.82, 2.24) is 14.8 Å². The lowest BCUT2D eigenvalue weighted by Gasteiger charge is -2.19. The van der Waals surface area contributed by atoms with Gasteiger partial charge in [-0.05, 0) is 30.7 Å². The number of methoxy groups -OCH3 is 1. The van der Waals surface area contributed by atoms with Gasteiger partial charge in [-0.2, -0.15) is 5.10 Å². The van der Waals surface area contributed by atoms with Gasteiger partial charge in [0.1, 0.15) is 5.75 Å². The number of aryl methyl sites for hydroxylation is 1. The van der Waals surface area contributed by atoms with Gasteiger partial charge >= 0.3 is 0 Å². The molecule has 2 heterocycles. The Kier molecular flexibility index (Phi) is 5.08. The molecule has 0 spiro atoms. The molecule has 0 unspecified atom stereocenters. The Morgan fingerprint density at radius 3 is 2.71 bits per heavy atom. The second kappa shape index (κ2) is 7.82. The van der Waals surface area contributed by atoms with Crippen molar-refractivity contribution in [3.05, 3.63) is 72.1 Å². The summed E-state index contributed by atoms with van der Waals surface area (Å²) in [6.45, 7) is 3.13. The summed E-state index contributed by atoms with van der Waals surface area (Å²) in [5, 5.41) is 5.02. The van der Waals surface area contributed by atoms with Gasteiger partial charge in [-0.1, -0.05) is 41.7 Å². The van der Waals surface area contributed by atoms with Gasteiger partial charge in [-0.15, -0.1) is 0 Å². The average Bonchev–Trinajstić information content (AvgIpc) is 3.38. The molecule has 0 fully saturated rings. The van der Waals surface area contributed by atoms with Crippen molar-refractivity contribution in [3.63, 3.8) is 0 Å². The summed E-state index contributed by atoms with van der Waals surface area (Å²) in [7, 11) is 1.63. The molecule has 7 heteroatoms. The number of benzene rings is 2. The zero-order valence-electron chi connectivity index (χ0n) is 15.7. The van der Waals surface area contributed by atoms with Crippen LogP contribution in [0.5, 0.6) is 5.75 Å². The van der Waals surface area contributed by atoms with Crippen molar-refractivity contribution in [2.75, 3.05) is 12.0 Å². The maximum atomic E-state index is 13.3. The van der Waals surface area contributed by atoms with Gasteiger partial charge < -0.3 is 4.74 Å². The van der Waals surface area contributed by atoms with Crippen LogP contribution in [0.3, 0.4) is 0 Å². The van der Waals surface area contributed by atoms with Crippen LogP contribution in [0.4, 0.5) is 5.13 Å². The molecule has 4 rings (SSSR count). The van der Waals surface area contributed by atoms with E-state index in [-0.39, 0.29) is 5.91 Å². The van der Waals surface area contributed by atoms with Crippen LogP contribution in [-0.4, -0.2) is 27.8 Å². The lowest BCUT2D eigenvalue weighted by Crippen LogP contribution is -2.30. The average molecular weight is 392 g/mol. The lowest BCUT2D eigenvalue weighted by molar-refractivity contribution is 0.0979. The number of aromatic nitrogens is 3. The molecule has 0 aliphatic carbocycles. The number of carbonyl (C=O) groups is 1. The fraction of sp³-hybridized carbons (Fsp3) is 0.190. The second-order valence-electron chi connectivity index (χ2n) is 6.26. The number of carbonyl (C=O) groups excluding carboxylic acids is 1. The monoisotopic (exact) mass is 392 g/mol. The summed E-state index contributed by atoms with van der Waals surface area (Å²) in [6.07, 6.45) is 1.82. The molecule has 0 atom stereocenters. The van der Waals surface area contributed by atoms with E-state index in [1.165, 1.54) is 11.3 Å². The fourth-order valence-electron chi connectivity index (χ4n) is 2.92. The SMILES string of the molecule is CCn1ccc(C(=O)N(Cc2ccccc2)c2nc3cc(OC)ccc3s2)n1. The highest BCUT2D eigenvalue weighted by molar-refractivity contribution is 7.22. The third-order valence-electron chi connectivity index (χ3n) is 4.43. The molecule has 0 aliphatic heterocycles. The molecule has 0 aliphatic rings.